The van der Waals surface area contributed by atoms with Crippen molar-refractivity contribution in [1.82, 2.24) is 21.3 Å². The molecule has 0 saturated carbocycles. The van der Waals surface area contributed by atoms with Gasteiger partial charge in [-0.25, -0.2) is 0 Å². The van der Waals surface area contributed by atoms with E-state index >= 15 is 0 Å². The zero-order valence-electron chi connectivity index (χ0n) is 17.3. The molecular weight excluding hydrogens is 352 g/mol. The lowest BCUT2D eigenvalue weighted by molar-refractivity contribution is 0.451. The van der Waals surface area contributed by atoms with Gasteiger partial charge in [-0.2, -0.15) is 0 Å². The number of hydrogen-bond acceptors (Lipinski definition) is 7. The molecule has 3 rings (SSSR count). The number of aryl methyl sites for hydroxylation is 1. The number of nitrogens with zero attached hydrogens (tertiary/aromatic N) is 2. The molecule has 7 nitrogen and oxygen atoms in total. The van der Waals surface area contributed by atoms with Crippen LogP contribution in [0, 0.1) is 6.92 Å². The lowest BCUT2D eigenvalue weighted by atomic mass is 10.0. The highest BCUT2D eigenvalue weighted by Crippen LogP contribution is 2.23. The summed E-state index contributed by atoms with van der Waals surface area (Å²) < 4.78 is 0. The van der Waals surface area contributed by atoms with Gasteiger partial charge in [0, 0.05) is 75.9 Å². The van der Waals surface area contributed by atoms with E-state index in [9.17, 15) is 5.11 Å². The van der Waals surface area contributed by atoms with E-state index in [4.69, 9.17) is 9.98 Å². The first-order chi connectivity index (χ1) is 13.4. The molecule has 2 heterocycles. The van der Waals surface area contributed by atoms with Crippen molar-refractivity contribution in [3.63, 3.8) is 0 Å². The zero-order valence-corrected chi connectivity index (χ0v) is 17.3. The van der Waals surface area contributed by atoms with Crippen molar-refractivity contribution in [2.75, 3.05) is 52.4 Å². The van der Waals surface area contributed by atoms with Crippen LogP contribution in [-0.4, -0.2) is 81.0 Å². The van der Waals surface area contributed by atoms with Crippen LogP contribution in [0.3, 0.4) is 0 Å². The van der Waals surface area contributed by atoms with Crippen LogP contribution in [0.15, 0.2) is 22.1 Å². The van der Waals surface area contributed by atoms with Crippen LogP contribution in [-0.2, 0) is 0 Å². The third-order valence-corrected chi connectivity index (χ3v) is 5.32. The Morgan fingerprint density at radius 2 is 1.14 bits per heavy atom. The summed E-state index contributed by atoms with van der Waals surface area (Å²) in [4.78, 5) is 9.58. The van der Waals surface area contributed by atoms with Crippen molar-refractivity contribution in [2.45, 2.75) is 31.8 Å². The van der Waals surface area contributed by atoms with Gasteiger partial charge in [0.1, 0.15) is 5.75 Å². The Labute approximate surface area is 168 Å². The highest BCUT2D eigenvalue weighted by atomic mass is 16.3. The maximum atomic E-state index is 10.8. The van der Waals surface area contributed by atoms with Gasteiger partial charge in [0.25, 0.3) is 0 Å². The Bertz CT molecular complexity index is 657. The first-order valence-corrected chi connectivity index (χ1v) is 10.2. The van der Waals surface area contributed by atoms with Crippen LogP contribution in [0.1, 0.15) is 30.5 Å². The summed E-state index contributed by atoms with van der Waals surface area (Å²) in [7, 11) is 0. The highest BCUT2D eigenvalue weighted by molar-refractivity contribution is 5.92. The predicted molar refractivity (Wildman–Crippen MR) is 116 cm³/mol. The van der Waals surface area contributed by atoms with Crippen LogP contribution in [0.5, 0.6) is 5.75 Å². The Balaban J connectivity index is 1.81. The molecule has 2 aliphatic heterocycles. The molecule has 2 fully saturated rings. The molecule has 0 aliphatic carbocycles. The van der Waals surface area contributed by atoms with E-state index in [0.29, 0.717) is 0 Å². The van der Waals surface area contributed by atoms with Crippen molar-refractivity contribution in [1.29, 1.82) is 0 Å². The van der Waals surface area contributed by atoms with Crippen molar-refractivity contribution in [3.8, 4) is 5.75 Å². The number of phenolic OH excluding ortho intramolecular Hbond substituents is 1. The molecule has 0 spiro atoms. The van der Waals surface area contributed by atoms with E-state index in [1.54, 1.807) is 12.4 Å². The van der Waals surface area contributed by atoms with Gasteiger partial charge in [-0.3, -0.25) is 9.98 Å². The van der Waals surface area contributed by atoms with Gasteiger partial charge in [0.05, 0.1) is 11.1 Å². The molecule has 0 amide bonds. The summed E-state index contributed by atoms with van der Waals surface area (Å²) in [5, 5.41) is 24.4. The molecule has 2 saturated heterocycles. The smallest absolute Gasteiger partial charge is 0.133 e. The second kappa shape index (κ2) is 9.13. The van der Waals surface area contributed by atoms with Gasteiger partial charge in [-0.15, -0.1) is 0 Å². The zero-order chi connectivity index (χ0) is 20.0. The summed E-state index contributed by atoms with van der Waals surface area (Å²) in [6.07, 6.45) is 3.59. The van der Waals surface area contributed by atoms with E-state index in [1.165, 1.54) is 0 Å². The number of phenols is 1. The minimum Gasteiger partial charge on any atom is -0.507 e. The minimum atomic E-state index is -0.230. The first-order valence-electron chi connectivity index (χ1n) is 10.2. The number of rotatable bonds is 4. The summed E-state index contributed by atoms with van der Waals surface area (Å²) in [5.74, 6) is 0.231. The Hall–Kier alpha value is -1.80. The Morgan fingerprint density at radius 1 is 0.786 bits per heavy atom. The largest absolute Gasteiger partial charge is 0.507 e. The Kier molecular flexibility index (Phi) is 6.82. The average Bonchev–Trinajstić information content (AvgIpc) is 3.02. The molecule has 28 heavy (non-hydrogen) atoms. The standard InChI is InChI=1S/C21H34N6O/c1-16-8-17(10-26-20(2)12-22-4-5-23-13-20)19(28)18(9-16)11-27-21(3)14-24-6-7-25-15-21/h8-11,22-25,28H,4-7,12-15H2,1-3H3. The topological polar surface area (TPSA) is 93.1 Å². The number of aliphatic imine (C=N–C) groups is 2. The molecule has 0 atom stereocenters. The van der Waals surface area contributed by atoms with Gasteiger partial charge in [-0.05, 0) is 38.5 Å². The molecule has 1 aromatic rings. The minimum absolute atomic E-state index is 0.230. The summed E-state index contributed by atoms with van der Waals surface area (Å²) >= 11 is 0. The number of aromatic hydroxyl groups is 1. The summed E-state index contributed by atoms with van der Waals surface area (Å²) in [6, 6.07) is 3.93. The van der Waals surface area contributed by atoms with E-state index in [-0.39, 0.29) is 16.8 Å². The van der Waals surface area contributed by atoms with Crippen LogP contribution in [0.25, 0.3) is 0 Å². The first kappa shape index (κ1) is 20.9. The monoisotopic (exact) mass is 386 g/mol. The number of nitrogens with one attached hydrogen (secondary N) is 4. The van der Waals surface area contributed by atoms with Gasteiger partial charge in [0.15, 0.2) is 0 Å². The van der Waals surface area contributed by atoms with Crippen LogP contribution >= 0.6 is 0 Å². The van der Waals surface area contributed by atoms with Crippen molar-refractivity contribution in [3.05, 3.63) is 28.8 Å². The van der Waals surface area contributed by atoms with E-state index < -0.39 is 0 Å². The molecular formula is C21H34N6O. The fraction of sp³-hybridized carbons (Fsp3) is 0.619. The summed E-state index contributed by atoms with van der Waals surface area (Å²) in [5.41, 5.74) is 2.08. The molecule has 1 aromatic carbocycles. The maximum absolute atomic E-state index is 10.8. The van der Waals surface area contributed by atoms with Gasteiger partial charge >= 0.3 is 0 Å². The Morgan fingerprint density at radius 3 is 1.50 bits per heavy atom. The fourth-order valence-corrected chi connectivity index (χ4v) is 3.58. The molecule has 154 valence electrons. The SMILES string of the molecule is Cc1cc(C=NC2(C)CNCCNC2)c(O)c(C=NC2(C)CNCCNC2)c1. The highest BCUT2D eigenvalue weighted by Gasteiger charge is 2.25. The molecule has 5 N–H and O–H groups in total. The molecule has 0 radical (unpaired) electrons. The molecule has 0 bridgehead atoms. The lowest BCUT2D eigenvalue weighted by Crippen LogP contribution is -2.40. The predicted octanol–water partition coefficient (Wildman–Crippen LogP) is 0.441. The van der Waals surface area contributed by atoms with Gasteiger partial charge in [0.2, 0.25) is 0 Å². The average molecular weight is 387 g/mol. The summed E-state index contributed by atoms with van der Waals surface area (Å²) in [6.45, 7) is 13.3. The molecule has 2 aliphatic rings. The van der Waals surface area contributed by atoms with Crippen LogP contribution < -0.4 is 21.3 Å². The second-order valence-electron chi connectivity index (χ2n) is 8.51. The van der Waals surface area contributed by atoms with Crippen molar-refractivity contribution < 1.29 is 5.11 Å². The molecule has 0 unspecified atom stereocenters. The normalized spacial score (nSPS) is 23.0. The lowest BCUT2D eigenvalue weighted by Gasteiger charge is -2.23. The van der Waals surface area contributed by atoms with Crippen molar-refractivity contribution in [2.24, 2.45) is 9.98 Å². The fourth-order valence-electron chi connectivity index (χ4n) is 3.58. The molecule has 0 aromatic heterocycles. The quantitative estimate of drug-likeness (QED) is 0.484. The second-order valence-corrected chi connectivity index (χ2v) is 8.51. The third-order valence-electron chi connectivity index (χ3n) is 5.32. The maximum Gasteiger partial charge on any atom is 0.133 e. The molecule has 7 heteroatoms. The van der Waals surface area contributed by atoms with Gasteiger partial charge in [-0.1, -0.05) is 0 Å². The number of hydrogen-bond donors (Lipinski definition) is 5. The van der Waals surface area contributed by atoms with Crippen LogP contribution in [0.4, 0.5) is 0 Å². The van der Waals surface area contributed by atoms with E-state index in [0.717, 1.165) is 69.0 Å². The number of benzene rings is 1. The third kappa shape index (κ3) is 5.61. The van der Waals surface area contributed by atoms with E-state index in [1.807, 2.05) is 19.1 Å². The van der Waals surface area contributed by atoms with Gasteiger partial charge < -0.3 is 26.4 Å². The van der Waals surface area contributed by atoms with E-state index in [2.05, 4.69) is 35.1 Å². The van der Waals surface area contributed by atoms with Crippen molar-refractivity contribution >= 4 is 12.4 Å². The van der Waals surface area contributed by atoms with Crippen LogP contribution in [0.2, 0.25) is 0 Å².